The van der Waals surface area contributed by atoms with E-state index in [1.165, 1.54) is 4.90 Å². The molecule has 1 aliphatic rings. The van der Waals surface area contributed by atoms with Crippen LogP contribution in [0.2, 0.25) is 0 Å². The Kier molecular flexibility index (Phi) is 10.2. The third kappa shape index (κ3) is 6.95. The number of likely N-dealkylation sites (tertiary alicyclic amines) is 1. The Labute approximate surface area is 174 Å². The van der Waals surface area contributed by atoms with Gasteiger partial charge >= 0.3 is 5.97 Å². The molecule has 4 amide bonds. The molecule has 0 bridgehead atoms. The molecule has 1 saturated heterocycles. The van der Waals surface area contributed by atoms with Gasteiger partial charge < -0.3 is 36.8 Å². The van der Waals surface area contributed by atoms with E-state index in [1.807, 2.05) is 6.92 Å². The van der Waals surface area contributed by atoms with Crippen molar-refractivity contribution in [3.8, 4) is 0 Å². The van der Waals surface area contributed by atoms with Gasteiger partial charge in [-0.1, -0.05) is 20.3 Å². The Morgan fingerprint density at radius 2 is 1.87 bits per heavy atom. The van der Waals surface area contributed by atoms with E-state index >= 15 is 0 Å². The van der Waals surface area contributed by atoms with Crippen molar-refractivity contribution in [2.75, 3.05) is 26.2 Å². The van der Waals surface area contributed by atoms with Crippen LogP contribution in [-0.4, -0.2) is 89.1 Å². The standard InChI is InChI=1S/C18H31N5O7/c1-3-10(2)15(17(28)20-8-13(25)21-11(9-24)18(29)30)22-16(27)12-5-4-6-23(12)14(26)7-19/h10-12,15,24H,3-9,19H2,1-2H3,(H,20,28)(H,21,25)(H,22,27)(H,29,30). The molecule has 0 aromatic rings. The average Bonchev–Trinajstić information content (AvgIpc) is 3.22. The summed E-state index contributed by atoms with van der Waals surface area (Å²) in [6, 6.07) is -3.13. The first-order valence-corrected chi connectivity index (χ1v) is 9.86. The van der Waals surface area contributed by atoms with E-state index in [2.05, 4.69) is 16.0 Å². The van der Waals surface area contributed by atoms with Crippen molar-refractivity contribution in [1.29, 1.82) is 0 Å². The summed E-state index contributed by atoms with van der Waals surface area (Å²) < 4.78 is 0. The molecule has 7 N–H and O–H groups in total. The number of hydrogen-bond acceptors (Lipinski definition) is 7. The Morgan fingerprint density at radius 3 is 2.40 bits per heavy atom. The molecule has 4 unspecified atom stereocenters. The summed E-state index contributed by atoms with van der Waals surface area (Å²) in [6.45, 7) is 2.49. The number of carbonyl (C=O) groups excluding carboxylic acids is 4. The van der Waals surface area contributed by atoms with Crippen molar-refractivity contribution in [2.45, 2.75) is 51.2 Å². The Balaban J connectivity index is 2.73. The average molecular weight is 429 g/mol. The van der Waals surface area contributed by atoms with Crippen LogP contribution < -0.4 is 21.7 Å². The Hall–Kier alpha value is -2.73. The molecule has 170 valence electrons. The highest BCUT2D eigenvalue weighted by Gasteiger charge is 2.36. The zero-order chi connectivity index (χ0) is 22.8. The lowest BCUT2D eigenvalue weighted by molar-refractivity contribution is -0.142. The van der Waals surface area contributed by atoms with E-state index in [-0.39, 0.29) is 18.4 Å². The molecule has 12 heteroatoms. The zero-order valence-corrected chi connectivity index (χ0v) is 17.2. The molecule has 1 fully saturated rings. The molecule has 0 aromatic carbocycles. The van der Waals surface area contributed by atoms with Crippen LogP contribution in [0, 0.1) is 5.92 Å². The zero-order valence-electron chi connectivity index (χ0n) is 17.2. The molecule has 12 nitrogen and oxygen atoms in total. The molecule has 0 aliphatic carbocycles. The van der Waals surface area contributed by atoms with Gasteiger partial charge in [0.05, 0.1) is 19.7 Å². The van der Waals surface area contributed by atoms with E-state index in [0.717, 1.165) is 0 Å². The minimum absolute atomic E-state index is 0.209. The number of rotatable bonds is 11. The second-order valence-corrected chi connectivity index (χ2v) is 7.18. The minimum atomic E-state index is -1.48. The van der Waals surface area contributed by atoms with Crippen molar-refractivity contribution >= 4 is 29.6 Å². The first-order valence-electron chi connectivity index (χ1n) is 9.86. The summed E-state index contributed by atoms with van der Waals surface area (Å²) in [5.74, 6) is -3.89. The smallest absolute Gasteiger partial charge is 0.328 e. The highest BCUT2D eigenvalue weighted by molar-refractivity contribution is 5.94. The fourth-order valence-corrected chi connectivity index (χ4v) is 3.11. The monoisotopic (exact) mass is 429 g/mol. The van der Waals surface area contributed by atoms with Gasteiger partial charge in [0.2, 0.25) is 23.6 Å². The van der Waals surface area contributed by atoms with E-state index in [0.29, 0.717) is 25.8 Å². The first-order chi connectivity index (χ1) is 14.2. The lowest BCUT2D eigenvalue weighted by Gasteiger charge is -2.28. The van der Waals surface area contributed by atoms with Crippen LogP contribution in [0.1, 0.15) is 33.1 Å². The van der Waals surface area contributed by atoms with Gasteiger partial charge in [0.25, 0.3) is 0 Å². The van der Waals surface area contributed by atoms with Crippen LogP contribution in [-0.2, 0) is 24.0 Å². The molecule has 1 aliphatic heterocycles. The quantitative estimate of drug-likeness (QED) is 0.202. The van der Waals surface area contributed by atoms with E-state index in [4.69, 9.17) is 15.9 Å². The van der Waals surface area contributed by atoms with Crippen LogP contribution in [0.15, 0.2) is 0 Å². The molecule has 0 aromatic heterocycles. The molecule has 30 heavy (non-hydrogen) atoms. The third-order valence-corrected chi connectivity index (χ3v) is 5.08. The number of aliphatic hydroxyl groups is 1. The van der Waals surface area contributed by atoms with Crippen LogP contribution in [0.5, 0.6) is 0 Å². The SMILES string of the molecule is CCC(C)C(NC(=O)C1CCCN1C(=O)CN)C(=O)NCC(=O)NC(CO)C(=O)O. The first kappa shape index (κ1) is 25.3. The molecular formula is C18H31N5O7. The summed E-state index contributed by atoms with van der Waals surface area (Å²) in [6.07, 6.45) is 1.68. The number of aliphatic carboxylic acids is 1. The highest BCUT2D eigenvalue weighted by atomic mass is 16.4. The lowest BCUT2D eigenvalue weighted by Crippen LogP contribution is -2.56. The molecule has 4 atom stereocenters. The maximum absolute atomic E-state index is 12.7. The molecular weight excluding hydrogens is 398 g/mol. The van der Waals surface area contributed by atoms with Crippen LogP contribution in [0.4, 0.5) is 0 Å². The number of nitrogens with one attached hydrogen (secondary N) is 3. The number of hydrogen-bond donors (Lipinski definition) is 6. The van der Waals surface area contributed by atoms with E-state index in [1.54, 1.807) is 6.92 Å². The Morgan fingerprint density at radius 1 is 1.20 bits per heavy atom. The van der Waals surface area contributed by atoms with Gasteiger partial charge in [0, 0.05) is 6.54 Å². The van der Waals surface area contributed by atoms with Gasteiger partial charge in [-0.15, -0.1) is 0 Å². The summed E-state index contributed by atoms with van der Waals surface area (Å²) in [5, 5.41) is 24.9. The maximum atomic E-state index is 12.7. The van der Waals surface area contributed by atoms with E-state index < -0.39 is 55.0 Å². The van der Waals surface area contributed by atoms with Gasteiger partial charge in [-0.2, -0.15) is 0 Å². The number of carbonyl (C=O) groups is 5. The molecule has 0 radical (unpaired) electrons. The predicted molar refractivity (Wildman–Crippen MR) is 105 cm³/mol. The number of carboxylic acids is 1. The van der Waals surface area contributed by atoms with E-state index in [9.17, 15) is 24.0 Å². The van der Waals surface area contributed by atoms with Gasteiger partial charge in [0.1, 0.15) is 18.1 Å². The van der Waals surface area contributed by atoms with Crippen molar-refractivity contribution in [1.82, 2.24) is 20.9 Å². The molecule has 0 spiro atoms. The Bertz CT molecular complexity index is 657. The topological polar surface area (TPSA) is 191 Å². The number of nitrogens with zero attached hydrogens (tertiary/aromatic N) is 1. The van der Waals surface area contributed by atoms with Crippen LogP contribution in [0.3, 0.4) is 0 Å². The summed E-state index contributed by atoms with van der Waals surface area (Å²) >= 11 is 0. The normalized spacial score (nSPS) is 18.8. The van der Waals surface area contributed by atoms with Crippen molar-refractivity contribution < 1.29 is 34.2 Å². The lowest BCUT2D eigenvalue weighted by atomic mass is 9.97. The molecule has 0 saturated carbocycles. The number of carboxylic acid groups (broad SMARTS) is 1. The van der Waals surface area contributed by atoms with Gasteiger partial charge in [-0.05, 0) is 18.8 Å². The maximum Gasteiger partial charge on any atom is 0.328 e. The second kappa shape index (κ2) is 12.1. The molecule has 1 rings (SSSR count). The van der Waals surface area contributed by atoms with Crippen LogP contribution >= 0.6 is 0 Å². The second-order valence-electron chi connectivity index (χ2n) is 7.18. The number of aliphatic hydroxyl groups excluding tert-OH is 1. The van der Waals surface area contributed by atoms with Crippen molar-refractivity contribution in [3.05, 3.63) is 0 Å². The fraction of sp³-hybridized carbons (Fsp3) is 0.722. The largest absolute Gasteiger partial charge is 0.480 e. The van der Waals surface area contributed by atoms with Gasteiger partial charge in [-0.25, -0.2) is 4.79 Å². The van der Waals surface area contributed by atoms with Gasteiger partial charge in [-0.3, -0.25) is 19.2 Å². The number of nitrogens with two attached hydrogens (primary N) is 1. The number of amides is 4. The van der Waals surface area contributed by atoms with Crippen LogP contribution in [0.25, 0.3) is 0 Å². The van der Waals surface area contributed by atoms with Crippen molar-refractivity contribution in [3.63, 3.8) is 0 Å². The predicted octanol–water partition coefficient (Wildman–Crippen LogP) is -2.86. The summed E-state index contributed by atoms with van der Waals surface area (Å²) in [5.41, 5.74) is 5.39. The minimum Gasteiger partial charge on any atom is -0.480 e. The van der Waals surface area contributed by atoms with Crippen molar-refractivity contribution in [2.24, 2.45) is 11.7 Å². The third-order valence-electron chi connectivity index (χ3n) is 5.08. The summed E-state index contributed by atoms with van der Waals surface area (Å²) in [7, 11) is 0. The fourth-order valence-electron chi connectivity index (χ4n) is 3.11. The summed E-state index contributed by atoms with van der Waals surface area (Å²) in [4.78, 5) is 61.3. The van der Waals surface area contributed by atoms with Gasteiger partial charge in [0.15, 0.2) is 0 Å². The molecule has 1 heterocycles. The highest BCUT2D eigenvalue weighted by Crippen LogP contribution is 2.18.